The van der Waals surface area contributed by atoms with Crippen molar-refractivity contribution < 1.29 is 15.0 Å². The molecule has 2 unspecified atom stereocenters. The lowest BCUT2D eigenvalue weighted by molar-refractivity contribution is -0.130. The molecule has 1 spiro atoms. The van der Waals surface area contributed by atoms with Crippen LogP contribution in [-0.2, 0) is 4.79 Å². The minimum atomic E-state index is -1.12. The summed E-state index contributed by atoms with van der Waals surface area (Å²) in [4.78, 5) is 12.3. The Labute approximate surface area is 99.8 Å². The third-order valence-electron chi connectivity index (χ3n) is 5.51. The summed E-state index contributed by atoms with van der Waals surface area (Å²) in [7, 11) is 0. The predicted octanol–water partition coefficient (Wildman–Crippen LogP) is 0.964. The van der Waals surface area contributed by atoms with E-state index in [2.05, 4.69) is 0 Å². The Bertz CT molecular complexity index is 554. The fraction of sp³-hybridized carbons (Fsp3) is 0.643. The van der Waals surface area contributed by atoms with E-state index in [9.17, 15) is 15.0 Å². The van der Waals surface area contributed by atoms with Crippen molar-refractivity contribution in [3.8, 4) is 0 Å². The zero-order valence-electron chi connectivity index (χ0n) is 10.2. The predicted molar refractivity (Wildman–Crippen MR) is 61.1 cm³/mol. The van der Waals surface area contributed by atoms with Crippen LogP contribution < -0.4 is 0 Å². The number of Topliss-reactive ketones (excluding diaryl/α,β-unsaturated/α-hetero) is 1. The van der Waals surface area contributed by atoms with E-state index in [1.54, 1.807) is 0 Å². The van der Waals surface area contributed by atoms with Gasteiger partial charge in [-0.05, 0) is 18.9 Å². The molecular formula is C14H16O3. The number of aliphatic hydroxyl groups is 2. The number of aliphatic hydroxyl groups excluding tert-OH is 1. The van der Waals surface area contributed by atoms with E-state index in [4.69, 9.17) is 0 Å². The molecule has 3 nitrogen and oxygen atoms in total. The highest BCUT2D eigenvalue weighted by molar-refractivity contribution is 6.14. The van der Waals surface area contributed by atoms with Crippen LogP contribution in [0, 0.1) is 16.7 Å². The molecule has 0 radical (unpaired) electrons. The Hall–Kier alpha value is -0.930. The topological polar surface area (TPSA) is 57.5 Å². The van der Waals surface area contributed by atoms with Gasteiger partial charge in [0.05, 0.1) is 6.10 Å². The van der Waals surface area contributed by atoms with Crippen LogP contribution in [0.5, 0.6) is 0 Å². The standard InChI is InChI=1S/C14H16O3/c1-6-9-7(4-12(2,3)11(9)16)10(15)14(17)8-5-13(6,8)14/h4,8,11,16-17H,5H2,1-3H3/t8?,11-,13?,14+/m1/s1. The Balaban J connectivity index is 1.99. The van der Waals surface area contributed by atoms with E-state index in [0.29, 0.717) is 5.57 Å². The van der Waals surface area contributed by atoms with Crippen molar-refractivity contribution in [3.05, 3.63) is 22.8 Å². The zero-order valence-corrected chi connectivity index (χ0v) is 10.2. The van der Waals surface area contributed by atoms with Crippen molar-refractivity contribution in [2.24, 2.45) is 16.7 Å². The van der Waals surface area contributed by atoms with Gasteiger partial charge in [0.2, 0.25) is 0 Å². The fourth-order valence-corrected chi connectivity index (χ4v) is 4.18. The van der Waals surface area contributed by atoms with Crippen molar-refractivity contribution in [2.75, 3.05) is 0 Å². The summed E-state index contributed by atoms with van der Waals surface area (Å²) in [6.45, 7) is 5.82. The molecule has 0 heterocycles. The third-order valence-corrected chi connectivity index (χ3v) is 5.51. The van der Waals surface area contributed by atoms with E-state index >= 15 is 0 Å². The second-order valence-electron chi connectivity index (χ2n) is 6.64. The van der Waals surface area contributed by atoms with Crippen LogP contribution in [0.1, 0.15) is 27.2 Å². The van der Waals surface area contributed by atoms with Gasteiger partial charge in [0, 0.05) is 22.3 Å². The molecule has 0 amide bonds. The van der Waals surface area contributed by atoms with Crippen LogP contribution >= 0.6 is 0 Å². The first kappa shape index (κ1) is 10.0. The molecule has 4 rings (SSSR count). The summed E-state index contributed by atoms with van der Waals surface area (Å²) < 4.78 is 0. The number of hydrogen-bond acceptors (Lipinski definition) is 3. The summed E-state index contributed by atoms with van der Waals surface area (Å²) in [6, 6.07) is 0. The highest BCUT2D eigenvalue weighted by Crippen LogP contribution is 2.88. The van der Waals surface area contributed by atoms with Gasteiger partial charge in [-0.2, -0.15) is 0 Å². The maximum Gasteiger partial charge on any atom is 0.195 e. The molecule has 0 aliphatic heterocycles. The summed E-state index contributed by atoms with van der Waals surface area (Å²) in [6.07, 6.45) is 2.13. The lowest BCUT2D eigenvalue weighted by Gasteiger charge is -2.30. The van der Waals surface area contributed by atoms with Crippen LogP contribution in [0.15, 0.2) is 22.8 Å². The molecule has 4 atom stereocenters. The molecule has 2 fully saturated rings. The molecule has 0 saturated heterocycles. The Morgan fingerprint density at radius 3 is 2.65 bits per heavy atom. The molecule has 90 valence electrons. The Kier molecular flexibility index (Phi) is 1.28. The van der Waals surface area contributed by atoms with E-state index in [-0.39, 0.29) is 17.1 Å². The van der Waals surface area contributed by atoms with Gasteiger partial charge < -0.3 is 10.2 Å². The second-order valence-corrected chi connectivity index (χ2v) is 6.64. The lowest BCUT2D eigenvalue weighted by atomic mass is 9.77. The average molecular weight is 232 g/mol. The fourth-order valence-electron chi connectivity index (χ4n) is 4.18. The molecular weight excluding hydrogens is 216 g/mol. The molecule has 0 bridgehead atoms. The highest BCUT2D eigenvalue weighted by atomic mass is 16.3. The second kappa shape index (κ2) is 2.17. The van der Waals surface area contributed by atoms with Crippen LogP contribution in [-0.4, -0.2) is 27.7 Å². The summed E-state index contributed by atoms with van der Waals surface area (Å²) in [5.41, 5.74) is 0.597. The molecule has 0 aromatic carbocycles. The van der Waals surface area contributed by atoms with Crippen molar-refractivity contribution >= 4 is 5.78 Å². The molecule has 4 aliphatic rings. The highest BCUT2D eigenvalue weighted by Gasteiger charge is 2.94. The molecule has 0 aromatic heterocycles. The van der Waals surface area contributed by atoms with Crippen molar-refractivity contribution in [1.82, 2.24) is 0 Å². The van der Waals surface area contributed by atoms with Gasteiger partial charge in [-0.25, -0.2) is 0 Å². The van der Waals surface area contributed by atoms with Crippen LogP contribution in [0.25, 0.3) is 0 Å². The smallest absolute Gasteiger partial charge is 0.195 e. The Morgan fingerprint density at radius 1 is 1.41 bits per heavy atom. The van der Waals surface area contributed by atoms with Gasteiger partial charge in [0.1, 0.15) is 5.60 Å². The van der Waals surface area contributed by atoms with E-state index in [0.717, 1.165) is 17.6 Å². The summed E-state index contributed by atoms with van der Waals surface area (Å²) >= 11 is 0. The number of carbonyl (C=O) groups is 1. The van der Waals surface area contributed by atoms with Gasteiger partial charge in [0.25, 0.3) is 0 Å². The normalized spacial score (nSPS) is 52.8. The first-order chi connectivity index (χ1) is 7.78. The number of carbonyl (C=O) groups excluding carboxylic acids is 1. The number of hydrogen-bond donors (Lipinski definition) is 2. The zero-order chi connectivity index (χ0) is 12.4. The van der Waals surface area contributed by atoms with E-state index < -0.39 is 17.1 Å². The van der Waals surface area contributed by atoms with Crippen LogP contribution in [0.4, 0.5) is 0 Å². The number of ketones is 1. The van der Waals surface area contributed by atoms with Crippen molar-refractivity contribution in [2.45, 2.75) is 38.9 Å². The van der Waals surface area contributed by atoms with Crippen LogP contribution in [0.3, 0.4) is 0 Å². The van der Waals surface area contributed by atoms with Crippen LogP contribution in [0.2, 0.25) is 0 Å². The number of rotatable bonds is 0. The van der Waals surface area contributed by atoms with Gasteiger partial charge in [-0.3, -0.25) is 4.79 Å². The maximum atomic E-state index is 12.3. The van der Waals surface area contributed by atoms with Gasteiger partial charge in [-0.15, -0.1) is 0 Å². The summed E-state index contributed by atoms with van der Waals surface area (Å²) in [5, 5.41) is 20.7. The average Bonchev–Trinajstić information content (AvgIpc) is 3.09. The molecule has 4 aliphatic carbocycles. The molecule has 17 heavy (non-hydrogen) atoms. The molecule has 2 saturated carbocycles. The molecule has 0 aromatic rings. The first-order valence-electron chi connectivity index (χ1n) is 6.18. The maximum absolute atomic E-state index is 12.3. The summed E-state index contributed by atoms with van der Waals surface area (Å²) in [5.74, 6) is -0.0317. The Morgan fingerprint density at radius 2 is 2.06 bits per heavy atom. The van der Waals surface area contributed by atoms with Gasteiger partial charge in [-0.1, -0.05) is 25.5 Å². The minimum Gasteiger partial charge on any atom is -0.388 e. The number of fused-ring (bicyclic) bond motifs is 2. The van der Waals surface area contributed by atoms with Crippen molar-refractivity contribution in [3.63, 3.8) is 0 Å². The molecule has 3 heteroatoms. The monoisotopic (exact) mass is 232 g/mol. The quantitative estimate of drug-likeness (QED) is 0.654. The SMILES string of the molecule is CC1=C2C(=CC(C)(C)[C@@H]2O)C(=O)[C@@]2(O)C3CC132. The third kappa shape index (κ3) is 0.713. The largest absolute Gasteiger partial charge is 0.388 e. The van der Waals surface area contributed by atoms with Gasteiger partial charge in [0.15, 0.2) is 5.78 Å². The molecule has 2 N–H and O–H groups in total. The lowest BCUT2D eigenvalue weighted by Crippen LogP contribution is -2.40. The minimum absolute atomic E-state index is 0.122. The first-order valence-corrected chi connectivity index (χ1v) is 6.18. The van der Waals surface area contributed by atoms with E-state index in [1.807, 2.05) is 26.8 Å². The van der Waals surface area contributed by atoms with Gasteiger partial charge >= 0.3 is 0 Å². The van der Waals surface area contributed by atoms with Crippen molar-refractivity contribution in [1.29, 1.82) is 0 Å². The van der Waals surface area contributed by atoms with E-state index in [1.165, 1.54) is 0 Å².